The van der Waals surface area contributed by atoms with E-state index >= 15 is 0 Å². The molecule has 1 aliphatic heterocycles. The summed E-state index contributed by atoms with van der Waals surface area (Å²) in [4.78, 5) is 14.3. The van der Waals surface area contributed by atoms with Gasteiger partial charge in [-0.1, -0.05) is 91.0 Å². The average molecular weight is 550 g/mol. The minimum absolute atomic E-state index is 0.194. The molecule has 0 aliphatic carbocycles. The van der Waals surface area contributed by atoms with Crippen LogP contribution in [0.3, 0.4) is 0 Å². The summed E-state index contributed by atoms with van der Waals surface area (Å²) in [7, 11) is 9.53. The Morgan fingerprint density at radius 3 is 1.94 bits per heavy atom. The zero-order valence-corrected chi connectivity index (χ0v) is 21.7. The number of fused-ring (bicyclic) bond motifs is 3. The van der Waals surface area contributed by atoms with E-state index in [1.54, 1.807) is 0 Å². The summed E-state index contributed by atoms with van der Waals surface area (Å²) in [5.74, 6) is 0. The van der Waals surface area contributed by atoms with Crippen LogP contribution < -0.4 is 0 Å². The third-order valence-corrected chi connectivity index (χ3v) is 5.98. The van der Waals surface area contributed by atoms with Gasteiger partial charge in [0, 0.05) is 28.8 Å². The SMILES string of the molecule is C(=Nc1cccc2ccccc12)C1=CCC(C=Nc2c3ccccc3cc3ccccc23)=N1.[Cl][Fe][Cl]. The molecule has 0 bridgehead atoms. The van der Waals surface area contributed by atoms with Crippen molar-refractivity contribution < 1.29 is 13.1 Å². The summed E-state index contributed by atoms with van der Waals surface area (Å²) < 4.78 is 0. The van der Waals surface area contributed by atoms with Crippen molar-refractivity contribution >= 4 is 82.0 Å². The molecule has 1 heterocycles. The number of hydrogen-bond donors (Lipinski definition) is 0. The van der Waals surface area contributed by atoms with Gasteiger partial charge in [0.05, 0.1) is 29.0 Å². The Hall–Kier alpha value is -3.27. The number of allylic oxidation sites excluding steroid dienone is 2. The Bertz CT molecular complexity index is 1610. The number of benzene rings is 5. The van der Waals surface area contributed by atoms with E-state index in [0.717, 1.165) is 45.4 Å². The van der Waals surface area contributed by atoms with E-state index in [4.69, 9.17) is 35.2 Å². The van der Waals surface area contributed by atoms with Crippen LogP contribution in [0, 0.1) is 0 Å². The van der Waals surface area contributed by atoms with Gasteiger partial charge in [-0.05, 0) is 28.3 Å². The minimum atomic E-state index is 0.194. The fourth-order valence-electron chi connectivity index (χ4n) is 4.35. The number of hydrogen-bond acceptors (Lipinski definition) is 3. The number of aliphatic imine (C=N–C) groups is 3. The first-order valence-electron chi connectivity index (χ1n) is 11.4. The van der Waals surface area contributed by atoms with E-state index in [2.05, 4.69) is 78.9 Å². The van der Waals surface area contributed by atoms with Gasteiger partial charge in [0.25, 0.3) is 0 Å². The van der Waals surface area contributed by atoms with Gasteiger partial charge in [0.1, 0.15) is 0 Å². The molecule has 5 aromatic carbocycles. The van der Waals surface area contributed by atoms with Crippen molar-refractivity contribution in [1.29, 1.82) is 0 Å². The van der Waals surface area contributed by atoms with Gasteiger partial charge in [-0.25, -0.2) is 0 Å². The maximum atomic E-state index is 4.90. The van der Waals surface area contributed by atoms with Crippen LogP contribution in [-0.2, 0) is 13.1 Å². The van der Waals surface area contributed by atoms with Crippen molar-refractivity contribution in [3.05, 3.63) is 109 Å². The van der Waals surface area contributed by atoms with Crippen molar-refractivity contribution in [3.8, 4) is 0 Å². The van der Waals surface area contributed by atoms with Crippen molar-refractivity contribution in [1.82, 2.24) is 0 Å². The first-order chi connectivity index (χ1) is 17.8. The number of nitrogens with zero attached hydrogens (tertiary/aromatic N) is 3. The molecular formula is C30H21Cl2FeN3. The van der Waals surface area contributed by atoms with E-state index in [-0.39, 0.29) is 13.1 Å². The molecule has 3 nitrogen and oxygen atoms in total. The molecule has 0 spiro atoms. The van der Waals surface area contributed by atoms with Gasteiger partial charge >= 0.3 is 33.3 Å². The second kappa shape index (κ2) is 11.6. The van der Waals surface area contributed by atoms with E-state index < -0.39 is 0 Å². The van der Waals surface area contributed by atoms with E-state index in [1.165, 1.54) is 16.2 Å². The third-order valence-electron chi connectivity index (χ3n) is 5.98. The summed E-state index contributed by atoms with van der Waals surface area (Å²) in [6.07, 6.45) is 6.58. The molecule has 36 heavy (non-hydrogen) atoms. The predicted molar refractivity (Wildman–Crippen MR) is 154 cm³/mol. The Morgan fingerprint density at radius 1 is 0.667 bits per heavy atom. The van der Waals surface area contributed by atoms with Crippen LogP contribution >= 0.6 is 20.2 Å². The van der Waals surface area contributed by atoms with Crippen LogP contribution in [0.5, 0.6) is 0 Å². The van der Waals surface area contributed by atoms with Gasteiger partial charge in [-0.15, -0.1) is 0 Å². The normalized spacial score (nSPS) is 13.5. The first-order valence-corrected chi connectivity index (χ1v) is 14.4. The maximum absolute atomic E-state index is 4.90. The predicted octanol–water partition coefficient (Wildman–Crippen LogP) is 9.36. The molecule has 0 unspecified atom stereocenters. The fourth-order valence-corrected chi connectivity index (χ4v) is 4.35. The molecule has 6 rings (SSSR count). The van der Waals surface area contributed by atoms with Crippen LogP contribution in [0.1, 0.15) is 6.42 Å². The van der Waals surface area contributed by atoms with E-state index in [0.29, 0.717) is 0 Å². The van der Waals surface area contributed by atoms with Crippen LogP contribution in [0.4, 0.5) is 11.4 Å². The second-order valence-electron chi connectivity index (χ2n) is 8.17. The number of rotatable bonds is 4. The van der Waals surface area contributed by atoms with Crippen LogP contribution in [-0.4, -0.2) is 18.1 Å². The van der Waals surface area contributed by atoms with Gasteiger partial charge in [0.15, 0.2) is 0 Å². The van der Waals surface area contributed by atoms with Crippen LogP contribution in [0.15, 0.2) is 124 Å². The molecule has 0 aromatic heterocycles. The monoisotopic (exact) mass is 549 g/mol. The van der Waals surface area contributed by atoms with Gasteiger partial charge < -0.3 is 0 Å². The molecule has 6 heteroatoms. The standard InChI is InChI=1S/C30H21N3.2ClH.Fe/c1-4-12-26-21(8-1)11-7-15-29(26)31-19-24-16-17-25(33-24)20-32-30-27-13-5-2-9-22(27)18-23-10-3-6-14-28(23)30;;;/h1-16,18-20H,17H2;2*1H;/q;;;+2/p-2. The van der Waals surface area contributed by atoms with Crippen molar-refractivity contribution in [2.75, 3.05) is 0 Å². The van der Waals surface area contributed by atoms with Crippen molar-refractivity contribution in [2.24, 2.45) is 15.0 Å². The second-order valence-corrected chi connectivity index (χ2v) is 9.99. The van der Waals surface area contributed by atoms with Gasteiger partial charge in [-0.3, -0.25) is 15.0 Å². The molecule has 5 aromatic rings. The topological polar surface area (TPSA) is 37.1 Å². The van der Waals surface area contributed by atoms with Crippen LogP contribution in [0.25, 0.3) is 32.3 Å². The fraction of sp³-hybridized carbons (Fsp3) is 0.0333. The molecule has 0 atom stereocenters. The summed E-state index contributed by atoms with van der Waals surface area (Å²) in [6, 6.07) is 33.5. The molecule has 178 valence electrons. The van der Waals surface area contributed by atoms with Gasteiger partial charge in [-0.2, -0.15) is 0 Å². The Kier molecular flexibility index (Phi) is 7.90. The molecule has 0 radical (unpaired) electrons. The van der Waals surface area contributed by atoms with Crippen molar-refractivity contribution in [2.45, 2.75) is 6.42 Å². The molecule has 0 saturated heterocycles. The van der Waals surface area contributed by atoms with E-state index in [1.807, 2.05) is 36.7 Å². The molecule has 0 N–H and O–H groups in total. The summed E-state index contributed by atoms with van der Waals surface area (Å²) in [6.45, 7) is 0. The molecule has 1 aliphatic rings. The summed E-state index contributed by atoms with van der Waals surface area (Å²) in [5.41, 5.74) is 3.75. The van der Waals surface area contributed by atoms with Crippen molar-refractivity contribution in [3.63, 3.8) is 0 Å². The van der Waals surface area contributed by atoms with E-state index in [9.17, 15) is 0 Å². The summed E-state index contributed by atoms with van der Waals surface area (Å²) in [5, 5.41) is 7.01. The zero-order valence-electron chi connectivity index (χ0n) is 19.1. The van der Waals surface area contributed by atoms with Crippen LogP contribution in [0.2, 0.25) is 0 Å². The average Bonchev–Trinajstić information content (AvgIpc) is 3.38. The Morgan fingerprint density at radius 2 is 1.25 bits per heavy atom. The molecule has 0 amide bonds. The van der Waals surface area contributed by atoms with Gasteiger partial charge in [0.2, 0.25) is 0 Å². The quantitative estimate of drug-likeness (QED) is 0.122. The zero-order chi connectivity index (χ0) is 24.7. The Labute approximate surface area is 224 Å². The summed E-state index contributed by atoms with van der Waals surface area (Å²) >= 11 is 0.194. The first kappa shape index (κ1) is 24.4. The molecule has 0 fully saturated rings. The molecule has 0 saturated carbocycles. The third kappa shape index (κ3) is 5.43. The molecular weight excluding hydrogens is 529 g/mol. The number of halogens is 2. The Balaban J connectivity index is 0.000000848.